The van der Waals surface area contributed by atoms with E-state index in [4.69, 9.17) is 0 Å². The normalized spacial score (nSPS) is 11.9. The molecule has 0 saturated heterocycles. The summed E-state index contributed by atoms with van der Waals surface area (Å²) in [5.41, 5.74) is 1.11. The summed E-state index contributed by atoms with van der Waals surface area (Å²) in [6.07, 6.45) is 0.981. The van der Waals surface area contributed by atoms with Gasteiger partial charge in [0.2, 0.25) is 0 Å². The van der Waals surface area contributed by atoms with Crippen molar-refractivity contribution < 1.29 is 0 Å². The van der Waals surface area contributed by atoms with Gasteiger partial charge in [-0.1, -0.05) is 13.8 Å². The van der Waals surface area contributed by atoms with Crippen LogP contribution in [0.5, 0.6) is 0 Å². The minimum Gasteiger partial charge on any atom is -0.367 e. The first kappa shape index (κ1) is 13.9. The Hall–Kier alpha value is -1.16. The highest BCUT2D eigenvalue weighted by atomic mass is 15.2. The second-order valence-electron chi connectivity index (χ2n) is 5.50. The molecule has 0 unspecified atom stereocenters. The predicted octanol–water partition coefficient (Wildman–Crippen LogP) is 2.08. The number of nitrogens with one attached hydrogen (secondary N) is 2. The maximum absolute atomic E-state index is 4.21. The van der Waals surface area contributed by atoms with Crippen LogP contribution in [0.2, 0.25) is 0 Å². The first-order valence-corrected chi connectivity index (χ1v) is 6.18. The average molecular weight is 236 g/mol. The van der Waals surface area contributed by atoms with Gasteiger partial charge in [-0.25, -0.2) is 0 Å². The van der Waals surface area contributed by atoms with Crippen molar-refractivity contribution in [1.29, 1.82) is 0 Å². The smallest absolute Gasteiger partial charge is 0.148 e. The third-order valence-electron chi connectivity index (χ3n) is 2.73. The molecule has 17 heavy (non-hydrogen) atoms. The Morgan fingerprint density at radius 1 is 1.24 bits per heavy atom. The summed E-state index contributed by atoms with van der Waals surface area (Å²) in [4.78, 5) is 0. The van der Waals surface area contributed by atoms with Crippen LogP contribution < -0.4 is 10.6 Å². The van der Waals surface area contributed by atoms with Crippen molar-refractivity contribution in [3.63, 3.8) is 0 Å². The van der Waals surface area contributed by atoms with E-state index < -0.39 is 0 Å². The van der Waals surface area contributed by atoms with Crippen LogP contribution in [0.15, 0.2) is 12.1 Å². The first-order chi connectivity index (χ1) is 7.93. The van der Waals surface area contributed by atoms with Gasteiger partial charge in [-0.05, 0) is 45.4 Å². The van der Waals surface area contributed by atoms with E-state index in [1.54, 1.807) is 0 Å². The van der Waals surface area contributed by atoms with Crippen LogP contribution in [0.25, 0.3) is 0 Å². The molecule has 0 aliphatic heterocycles. The molecule has 0 amide bonds. The van der Waals surface area contributed by atoms with Gasteiger partial charge in [0.15, 0.2) is 0 Å². The molecule has 0 aliphatic rings. The zero-order valence-corrected chi connectivity index (χ0v) is 11.5. The largest absolute Gasteiger partial charge is 0.367 e. The van der Waals surface area contributed by atoms with Crippen LogP contribution in [-0.2, 0) is 6.42 Å². The fourth-order valence-electron chi connectivity index (χ4n) is 1.38. The molecular formula is C13H24N4. The van der Waals surface area contributed by atoms with Gasteiger partial charge in [0.25, 0.3) is 0 Å². The van der Waals surface area contributed by atoms with Crippen molar-refractivity contribution in [2.75, 3.05) is 18.9 Å². The number of likely N-dealkylation sites (N-methyl/N-ethyl adjacent to an activating group) is 1. The molecular weight excluding hydrogens is 212 g/mol. The van der Waals surface area contributed by atoms with Gasteiger partial charge in [0.05, 0.1) is 5.69 Å². The van der Waals surface area contributed by atoms with E-state index in [9.17, 15) is 0 Å². The van der Waals surface area contributed by atoms with E-state index in [0.29, 0.717) is 5.92 Å². The fraction of sp³-hybridized carbons (Fsp3) is 0.692. The number of rotatable bonds is 6. The highest BCUT2D eigenvalue weighted by molar-refractivity contribution is 5.33. The summed E-state index contributed by atoms with van der Waals surface area (Å²) in [5, 5.41) is 14.9. The Balaban J connectivity index is 2.51. The van der Waals surface area contributed by atoms with E-state index in [1.807, 2.05) is 19.2 Å². The minimum atomic E-state index is 0.0539. The molecule has 4 nitrogen and oxygen atoms in total. The second-order valence-corrected chi connectivity index (χ2v) is 5.50. The third-order valence-corrected chi connectivity index (χ3v) is 2.73. The van der Waals surface area contributed by atoms with Crippen LogP contribution in [0, 0.1) is 5.92 Å². The van der Waals surface area contributed by atoms with Crippen molar-refractivity contribution in [3.8, 4) is 0 Å². The van der Waals surface area contributed by atoms with Gasteiger partial charge in [-0.2, -0.15) is 5.10 Å². The van der Waals surface area contributed by atoms with Crippen molar-refractivity contribution in [2.24, 2.45) is 5.92 Å². The third kappa shape index (κ3) is 5.13. The van der Waals surface area contributed by atoms with Crippen molar-refractivity contribution in [3.05, 3.63) is 17.8 Å². The molecule has 1 aromatic heterocycles. The molecule has 4 heteroatoms. The molecule has 1 heterocycles. The Bertz CT molecular complexity index is 330. The van der Waals surface area contributed by atoms with Crippen molar-refractivity contribution >= 4 is 5.82 Å². The van der Waals surface area contributed by atoms with Gasteiger partial charge in [0.1, 0.15) is 5.82 Å². The Morgan fingerprint density at radius 2 is 1.94 bits per heavy atom. The SMILES string of the molecule is CNC(C)(C)CNc1ccc(CC(C)C)nn1. The van der Waals surface area contributed by atoms with Gasteiger partial charge in [-0.15, -0.1) is 5.10 Å². The molecule has 2 N–H and O–H groups in total. The number of nitrogens with zero attached hydrogens (tertiary/aromatic N) is 2. The summed E-state index contributed by atoms with van der Waals surface area (Å²) in [5.74, 6) is 1.45. The van der Waals surface area contributed by atoms with Gasteiger partial charge < -0.3 is 10.6 Å². The summed E-state index contributed by atoms with van der Waals surface area (Å²) >= 11 is 0. The van der Waals surface area contributed by atoms with Crippen LogP contribution >= 0.6 is 0 Å². The maximum Gasteiger partial charge on any atom is 0.148 e. The highest BCUT2D eigenvalue weighted by Gasteiger charge is 2.14. The standard InChI is InChI=1S/C13H24N4/c1-10(2)8-11-6-7-12(17-16-11)15-9-13(3,4)14-5/h6-7,10,14H,8-9H2,1-5H3,(H,15,17). The molecule has 96 valence electrons. The lowest BCUT2D eigenvalue weighted by molar-refractivity contribution is 0.447. The predicted molar refractivity (Wildman–Crippen MR) is 72.2 cm³/mol. The second kappa shape index (κ2) is 5.96. The van der Waals surface area contributed by atoms with Gasteiger partial charge in [-0.3, -0.25) is 0 Å². The Kier molecular flexibility index (Phi) is 4.87. The molecule has 0 bridgehead atoms. The lowest BCUT2D eigenvalue weighted by atomic mass is 10.1. The van der Waals surface area contributed by atoms with Crippen LogP contribution in [0.4, 0.5) is 5.82 Å². The van der Waals surface area contributed by atoms with E-state index in [0.717, 1.165) is 24.5 Å². The summed E-state index contributed by atoms with van der Waals surface area (Å²) in [7, 11) is 1.96. The van der Waals surface area contributed by atoms with E-state index in [1.165, 1.54) is 0 Å². The summed E-state index contributed by atoms with van der Waals surface area (Å²) in [6, 6.07) is 4.04. The number of anilines is 1. The quantitative estimate of drug-likeness (QED) is 0.794. The topological polar surface area (TPSA) is 49.8 Å². The molecule has 0 atom stereocenters. The number of hydrogen-bond donors (Lipinski definition) is 2. The van der Waals surface area contributed by atoms with E-state index >= 15 is 0 Å². The van der Waals surface area contributed by atoms with Crippen LogP contribution in [0.3, 0.4) is 0 Å². The average Bonchev–Trinajstić information content (AvgIpc) is 2.28. The highest BCUT2D eigenvalue weighted by Crippen LogP contribution is 2.08. The molecule has 1 rings (SSSR count). The summed E-state index contributed by atoms with van der Waals surface area (Å²) < 4.78 is 0. The number of hydrogen-bond acceptors (Lipinski definition) is 4. The molecule has 1 aromatic rings. The molecule has 0 aliphatic carbocycles. The van der Waals surface area contributed by atoms with E-state index in [2.05, 4.69) is 48.5 Å². The minimum absolute atomic E-state index is 0.0539. The Morgan fingerprint density at radius 3 is 2.41 bits per heavy atom. The van der Waals surface area contributed by atoms with Gasteiger partial charge in [0, 0.05) is 12.1 Å². The fourth-order valence-corrected chi connectivity index (χ4v) is 1.38. The lowest BCUT2D eigenvalue weighted by Gasteiger charge is -2.24. The van der Waals surface area contributed by atoms with Crippen molar-refractivity contribution in [1.82, 2.24) is 15.5 Å². The molecule has 0 aromatic carbocycles. The molecule has 0 spiro atoms. The van der Waals surface area contributed by atoms with E-state index in [-0.39, 0.29) is 5.54 Å². The monoisotopic (exact) mass is 236 g/mol. The lowest BCUT2D eigenvalue weighted by Crippen LogP contribution is -2.42. The zero-order valence-electron chi connectivity index (χ0n) is 11.5. The first-order valence-electron chi connectivity index (χ1n) is 6.18. The van der Waals surface area contributed by atoms with Crippen LogP contribution in [-0.4, -0.2) is 29.3 Å². The molecule has 0 radical (unpaired) electrons. The van der Waals surface area contributed by atoms with Crippen molar-refractivity contribution in [2.45, 2.75) is 39.7 Å². The number of aromatic nitrogens is 2. The molecule has 0 saturated carbocycles. The zero-order chi connectivity index (χ0) is 12.9. The molecule has 0 fully saturated rings. The van der Waals surface area contributed by atoms with Gasteiger partial charge >= 0.3 is 0 Å². The summed E-state index contributed by atoms with van der Waals surface area (Å²) in [6.45, 7) is 9.47. The van der Waals surface area contributed by atoms with Crippen LogP contribution in [0.1, 0.15) is 33.4 Å². The maximum atomic E-state index is 4.21. The Labute approximate surface area is 104 Å².